The summed E-state index contributed by atoms with van der Waals surface area (Å²) in [5.41, 5.74) is 2.39. The second-order valence-electron chi connectivity index (χ2n) is 6.35. The fraction of sp³-hybridized carbons (Fsp3) is 0.182. The molecule has 0 atom stereocenters. The Morgan fingerprint density at radius 3 is 2.66 bits per heavy atom. The zero-order valence-electron chi connectivity index (χ0n) is 16.0. The highest BCUT2D eigenvalue weighted by Crippen LogP contribution is 2.38. The van der Waals surface area contributed by atoms with Crippen LogP contribution in [0, 0.1) is 0 Å². The van der Waals surface area contributed by atoms with Crippen molar-refractivity contribution >= 4 is 45.5 Å². The Bertz CT molecular complexity index is 1010. The Balaban J connectivity index is 1.93. The Morgan fingerprint density at radius 1 is 1.28 bits per heavy atom. The van der Waals surface area contributed by atoms with E-state index in [4.69, 9.17) is 25.8 Å². The van der Waals surface area contributed by atoms with Crippen molar-refractivity contribution in [2.45, 2.75) is 13.8 Å². The van der Waals surface area contributed by atoms with Gasteiger partial charge in [0.25, 0.3) is 0 Å². The van der Waals surface area contributed by atoms with E-state index in [2.05, 4.69) is 27.5 Å². The molecule has 0 aromatic heterocycles. The highest BCUT2D eigenvalue weighted by molar-refractivity contribution is 9.10. The van der Waals surface area contributed by atoms with Gasteiger partial charge in [0.2, 0.25) is 5.90 Å². The summed E-state index contributed by atoms with van der Waals surface area (Å²) in [6.45, 7) is 8.31. The second-order valence-corrected chi connectivity index (χ2v) is 7.67. The van der Waals surface area contributed by atoms with E-state index in [-0.39, 0.29) is 11.6 Å². The van der Waals surface area contributed by atoms with Crippen molar-refractivity contribution in [2.24, 2.45) is 4.99 Å². The van der Waals surface area contributed by atoms with E-state index >= 15 is 0 Å². The van der Waals surface area contributed by atoms with Crippen LogP contribution in [0.5, 0.6) is 11.5 Å². The zero-order valence-corrected chi connectivity index (χ0v) is 18.3. The van der Waals surface area contributed by atoms with Gasteiger partial charge < -0.3 is 14.2 Å². The normalized spacial score (nSPS) is 14.6. The van der Waals surface area contributed by atoms with E-state index in [1.807, 2.05) is 38.1 Å². The van der Waals surface area contributed by atoms with Crippen LogP contribution in [0.2, 0.25) is 5.02 Å². The average molecular weight is 477 g/mol. The summed E-state index contributed by atoms with van der Waals surface area (Å²) in [6.07, 6.45) is 1.60. The summed E-state index contributed by atoms with van der Waals surface area (Å²) < 4.78 is 17.6. The highest BCUT2D eigenvalue weighted by Gasteiger charge is 2.24. The number of hydrogen-bond donors (Lipinski definition) is 0. The lowest BCUT2D eigenvalue weighted by Gasteiger charge is -2.14. The molecule has 29 heavy (non-hydrogen) atoms. The average Bonchev–Trinajstić information content (AvgIpc) is 3.02. The van der Waals surface area contributed by atoms with Gasteiger partial charge >= 0.3 is 5.97 Å². The van der Waals surface area contributed by atoms with Crippen molar-refractivity contribution in [1.82, 2.24) is 0 Å². The van der Waals surface area contributed by atoms with Gasteiger partial charge in [0, 0.05) is 10.0 Å². The number of hydrogen-bond acceptors (Lipinski definition) is 5. The first kappa shape index (κ1) is 21.1. The standard InChI is InChI=1S/C22H19BrClNO4/c1-4-27-19-11-14(9-17(24)20(19)28-12-13(2)3)10-18-22(26)29-21(25-18)15-5-7-16(23)8-6-15/h5-11H,2,4,12H2,1,3H3/b18-10-. The van der Waals surface area contributed by atoms with Crippen LogP contribution in [0.15, 0.2) is 63.7 Å². The van der Waals surface area contributed by atoms with E-state index in [9.17, 15) is 4.79 Å². The predicted octanol–water partition coefficient (Wildman–Crippen LogP) is 5.80. The largest absolute Gasteiger partial charge is 0.490 e. The highest BCUT2D eigenvalue weighted by atomic mass is 79.9. The molecule has 0 amide bonds. The van der Waals surface area contributed by atoms with Crippen LogP contribution in [-0.2, 0) is 9.53 Å². The number of rotatable bonds is 7. The predicted molar refractivity (Wildman–Crippen MR) is 118 cm³/mol. The van der Waals surface area contributed by atoms with E-state index in [1.165, 1.54) is 0 Å². The van der Waals surface area contributed by atoms with E-state index < -0.39 is 5.97 Å². The molecule has 0 saturated heterocycles. The summed E-state index contributed by atoms with van der Waals surface area (Å²) in [4.78, 5) is 16.6. The summed E-state index contributed by atoms with van der Waals surface area (Å²) >= 11 is 9.77. The lowest BCUT2D eigenvalue weighted by Crippen LogP contribution is -2.05. The van der Waals surface area contributed by atoms with Gasteiger partial charge in [0.15, 0.2) is 17.2 Å². The zero-order chi connectivity index (χ0) is 21.0. The van der Waals surface area contributed by atoms with Gasteiger partial charge in [-0.25, -0.2) is 9.79 Å². The van der Waals surface area contributed by atoms with Gasteiger partial charge in [-0.05, 0) is 67.5 Å². The maximum absolute atomic E-state index is 12.3. The molecule has 0 saturated carbocycles. The molecular weight excluding hydrogens is 458 g/mol. The molecule has 1 aliphatic rings. The number of esters is 1. The van der Waals surface area contributed by atoms with Crippen LogP contribution in [0.4, 0.5) is 0 Å². The molecule has 0 fully saturated rings. The number of aliphatic imine (C=N–C) groups is 1. The monoisotopic (exact) mass is 475 g/mol. The van der Waals surface area contributed by atoms with E-state index in [0.29, 0.717) is 40.9 Å². The molecule has 0 spiro atoms. The molecule has 0 unspecified atom stereocenters. The van der Waals surface area contributed by atoms with Gasteiger partial charge in [-0.1, -0.05) is 34.1 Å². The number of halogens is 2. The molecule has 2 aromatic carbocycles. The summed E-state index contributed by atoms with van der Waals surface area (Å²) in [5.74, 6) is 0.647. The summed E-state index contributed by atoms with van der Waals surface area (Å²) in [7, 11) is 0. The molecule has 3 rings (SSSR count). The quantitative estimate of drug-likeness (QED) is 0.288. The third kappa shape index (κ3) is 5.28. The third-order valence-corrected chi connectivity index (χ3v) is 4.62. The SMILES string of the molecule is C=C(C)COc1c(Cl)cc(/C=C2\N=C(c3ccc(Br)cc3)OC2=O)cc1OCC. The fourth-order valence-corrected chi connectivity index (χ4v) is 3.09. The van der Waals surface area contributed by atoms with Gasteiger partial charge in [-0.15, -0.1) is 0 Å². The van der Waals surface area contributed by atoms with Crippen LogP contribution in [0.3, 0.4) is 0 Å². The fourth-order valence-electron chi connectivity index (χ4n) is 2.55. The van der Waals surface area contributed by atoms with Crippen LogP contribution >= 0.6 is 27.5 Å². The van der Waals surface area contributed by atoms with E-state index in [1.54, 1.807) is 18.2 Å². The lowest BCUT2D eigenvalue weighted by molar-refractivity contribution is -0.129. The third-order valence-electron chi connectivity index (χ3n) is 3.81. The molecule has 0 bridgehead atoms. The smallest absolute Gasteiger partial charge is 0.363 e. The maximum atomic E-state index is 12.3. The number of cyclic esters (lactones) is 1. The minimum atomic E-state index is -0.528. The molecule has 0 N–H and O–H groups in total. The summed E-state index contributed by atoms with van der Waals surface area (Å²) in [6, 6.07) is 10.8. The first-order valence-corrected chi connectivity index (χ1v) is 10.1. The number of carbonyl (C=O) groups is 1. The van der Waals surface area contributed by atoms with Crippen LogP contribution < -0.4 is 9.47 Å². The van der Waals surface area contributed by atoms with Gasteiger partial charge in [-0.3, -0.25) is 0 Å². The first-order valence-electron chi connectivity index (χ1n) is 8.89. The Kier molecular flexibility index (Phi) is 6.77. The van der Waals surface area contributed by atoms with Crippen molar-refractivity contribution in [3.8, 4) is 11.5 Å². The first-order chi connectivity index (χ1) is 13.9. The molecule has 7 heteroatoms. The molecule has 5 nitrogen and oxygen atoms in total. The molecular formula is C22H19BrClNO4. The minimum Gasteiger partial charge on any atom is -0.490 e. The maximum Gasteiger partial charge on any atom is 0.363 e. The Labute approximate surface area is 182 Å². The Morgan fingerprint density at radius 2 is 2.00 bits per heavy atom. The number of benzene rings is 2. The molecule has 150 valence electrons. The molecule has 0 radical (unpaired) electrons. The van der Waals surface area contributed by atoms with Gasteiger partial charge in [-0.2, -0.15) is 0 Å². The Hall–Kier alpha value is -2.57. The van der Waals surface area contributed by atoms with Gasteiger partial charge in [0.1, 0.15) is 6.61 Å². The molecule has 1 aliphatic heterocycles. The number of carbonyl (C=O) groups excluding carboxylic acids is 1. The minimum absolute atomic E-state index is 0.178. The van der Waals surface area contributed by atoms with Crippen molar-refractivity contribution in [3.63, 3.8) is 0 Å². The van der Waals surface area contributed by atoms with Crippen molar-refractivity contribution in [2.75, 3.05) is 13.2 Å². The van der Waals surface area contributed by atoms with Crippen LogP contribution in [0.25, 0.3) is 6.08 Å². The topological polar surface area (TPSA) is 57.1 Å². The van der Waals surface area contributed by atoms with Crippen molar-refractivity contribution in [3.05, 3.63) is 74.9 Å². The molecule has 0 aliphatic carbocycles. The molecule has 1 heterocycles. The molecule has 2 aromatic rings. The summed E-state index contributed by atoms with van der Waals surface area (Å²) in [5, 5.41) is 0.368. The van der Waals surface area contributed by atoms with Gasteiger partial charge in [0.05, 0.1) is 11.6 Å². The van der Waals surface area contributed by atoms with E-state index in [0.717, 1.165) is 10.0 Å². The van der Waals surface area contributed by atoms with Crippen LogP contribution in [0.1, 0.15) is 25.0 Å². The number of nitrogens with zero attached hydrogens (tertiary/aromatic N) is 1. The number of ether oxygens (including phenoxy) is 3. The van der Waals surface area contributed by atoms with Crippen LogP contribution in [-0.4, -0.2) is 25.1 Å². The van der Waals surface area contributed by atoms with Crippen molar-refractivity contribution in [1.29, 1.82) is 0 Å². The lowest BCUT2D eigenvalue weighted by atomic mass is 10.1. The van der Waals surface area contributed by atoms with Crippen molar-refractivity contribution < 1.29 is 19.0 Å². The second kappa shape index (κ2) is 9.29.